The molecule has 4 heteroatoms. The molecule has 0 unspecified atom stereocenters. The third-order valence-electron chi connectivity index (χ3n) is 16.3. The van der Waals surface area contributed by atoms with Gasteiger partial charge in [0.1, 0.15) is 17.2 Å². The molecule has 3 nitrogen and oxygen atoms in total. The van der Waals surface area contributed by atoms with Crippen molar-refractivity contribution in [1.29, 1.82) is 0 Å². The van der Waals surface area contributed by atoms with Crippen LogP contribution in [0.4, 0.5) is 0 Å². The Morgan fingerprint density at radius 3 is 0.513 bits per heavy atom. The van der Waals surface area contributed by atoms with Gasteiger partial charge in [0.2, 0.25) is 0 Å². The molecule has 76 heavy (non-hydrogen) atoms. The largest absolute Gasteiger partial charge is 0.530 e. The summed E-state index contributed by atoms with van der Waals surface area (Å²) in [5, 5.41) is 0. The van der Waals surface area contributed by atoms with Crippen LogP contribution in [0.1, 0.15) is 345 Å². The van der Waals surface area contributed by atoms with E-state index in [2.05, 4.69) is 96.1 Å². The Bertz CT molecular complexity index is 1460. The van der Waals surface area contributed by atoms with Crippen molar-refractivity contribution in [3.63, 3.8) is 0 Å². The van der Waals surface area contributed by atoms with Crippen LogP contribution in [0.3, 0.4) is 0 Å². The molecule has 434 valence electrons. The van der Waals surface area contributed by atoms with Gasteiger partial charge in [-0.3, -0.25) is 0 Å². The highest BCUT2D eigenvalue weighted by atomic mass is 31.2. The Kier molecular flexibility index (Phi) is 43.2. The van der Waals surface area contributed by atoms with Gasteiger partial charge in [-0.1, -0.05) is 327 Å². The van der Waals surface area contributed by atoms with Crippen molar-refractivity contribution in [2.45, 2.75) is 350 Å². The van der Waals surface area contributed by atoms with Crippen LogP contribution in [-0.4, -0.2) is 0 Å². The Labute approximate surface area is 474 Å². The van der Waals surface area contributed by atoms with Crippen LogP contribution >= 0.6 is 8.60 Å². The average molecular weight is 1070 g/mol. The van der Waals surface area contributed by atoms with Crippen LogP contribution < -0.4 is 13.6 Å². The van der Waals surface area contributed by atoms with E-state index >= 15 is 0 Å². The molecular weight excluding hydrogens is 944 g/mol. The lowest BCUT2D eigenvalue weighted by molar-refractivity contribution is 0.376. The van der Waals surface area contributed by atoms with Gasteiger partial charge in [-0.2, -0.15) is 0 Å². The van der Waals surface area contributed by atoms with Gasteiger partial charge in [-0.05, 0) is 110 Å². The summed E-state index contributed by atoms with van der Waals surface area (Å²) in [4.78, 5) is 0. The number of rotatable bonds is 54. The zero-order chi connectivity index (χ0) is 54.2. The molecule has 0 saturated heterocycles. The fourth-order valence-electron chi connectivity index (χ4n) is 11.4. The Balaban J connectivity index is 2.14. The molecular formula is C72H123O3P. The van der Waals surface area contributed by atoms with Crippen molar-refractivity contribution in [1.82, 2.24) is 0 Å². The van der Waals surface area contributed by atoms with Crippen molar-refractivity contribution in [3.05, 3.63) is 88.0 Å². The van der Waals surface area contributed by atoms with Crippen LogP contribution in [-0.2, 0) is 38.5 Å². The smallest absolute Gasteiger partial charge is 0.408 e. The molecule has 0 aliphatic heterocycles. The molecule has 0 aliphatic rings. The number of benzene rings is 3. The average Bonchev–Trinajstić information content (AvgIpc) is 3.43. The maximum absolute atomic E-state index is 7.67. The van der Waals surface area contributed by atoms with Gasteiger partial charge in [-0.15, -0.1) is 0 Å². The standard InChI is InChI=1S/C72H123O3P/c1-7-13-19-25-31-37-43-52-64-58-49-59-65(53-44-38-32-26-20-14-8-2)70(64)73-76(74-71-66(54-45-39-33-27-21-15-9-3)60-50-61-67(71)55-46-40-34-28-22-16-10-4)75-72-68(56-47-41-35-29-23-17-11-5)62-51-63-69(72)57-48-42-36-30-24-18-12-6/h49-51,58-63H,7-48,52-57H2,1-6H3. The minimum Gasteiger partial charge on any atom is -0.408 e. The third kappa shape index (κ3) is 31.9. The minimum absolute atomic E-state index is 1.04. The Morgan fingerprint density at radius 1 is 0.211 bits per heavy atom. The predicted octanol–water partition coefficient (Wildman–Crippen LogP) is 25.2. The van der Waals surface area contributed by atoms with E-state index in [4.69, 9.17) is 13.6 Å². The topological polar surface area (TPSA) is 27.7 Å². The Morgan fingerprint density at radius 2 is 0.355 bits per heavy atom. The van der Waals surface area contributed by atoms with E-state index in [0.717, 1.165) is 55.8 Å². The molecule has 0 N–H and O–H groups in total. The molecule has 3 aromatic carbocycles. The number of hydrogen-bond donors (Lipinski definition) is 0. The first kappa shape index (κ1) is 67.8. The van der Waals surface area contributed by atoms with Gasteiger partial charge < -0.3 is 13.6 Å². The van der Waals surface area contributed by atoms with Crippen molar-refractivity contribution >= 4 is 8.60 Å². The first-order chi connectivity index (χ1) is 37.6. The van der Waals surface area contributed by atoms with Gasteiger partial charge in [0.25, 0.3) is 0 Å². The van der Waals surface area contributed by atoms with Crippen molar-refractivity contribution in [2.24, 2.45) is 0 Å². The molecule has 0 radical (unpaired) electrons. The molecule has 0 aliphatic carbocycles. The van der Waals surface area contributed by atoms with E-state index in [1.54, 1.807) is 0 Å². The second-order valence-corrected chi connectivity index (χ2v) is 24.4. The molecule has 0 bridgehead atoms. The van der Waals surface area contributed by atoms with Gasteiger partial charge in [-0.25, -0.2) is 0 Å². The number of para-hydroxylation sites is 3. The number of unbranched alkanes of at least 4 members (excludes halogenated alkanes) is 36. The van der Waals surface area contributed by atoms with Gasteiger partial charge >= 0.3 is 8.60 Å². The molecule has 0 heterocycles. The lowest BCUT2D eigenvalue weighted by atomic mass is 9.98. The highest BCUT2D eigenvalue weighted by Gasteiger charge is 2.28. The van der Waals surface area contributed by atoms with E-state index in [1.807, 2.05) is 0 Å². The minimum atomic E-state index is -1.86. The zero-order valence-electron chi connectivity index (χ0n) is 51.3. The van der Waals surface area contributed by atoms with Gasteiger partial charge in [0.05, 0.1) is 0 Å². The molecule has 0 saturated carbocycles. The summed E-state index contributed by atoms with van der Waals surface area (Å²) in [5.74, 6) is 3.17. The maximum Gasteiger partial charge on any atom is 0.530 e. The maximum atomic E-state index is 7.67. The lowest BCUT2D eigenvalue weighted by Crippen LogP contribution is -2.10. The summed E-state index contributed by atoms with van der Waals surface area (Å²) in [7, 11) is -1.86. The second kappa shape index (κ2) is 48.4. The van der Waals surface area contributed by atoms with E-state index in [1.165, 1.54) is 303 Å². The highest BCUT2D eigenvalue weighted by molar-refractivity contribution is 7.43. The fraction of sp³-hybridized carbons (Fsp3) is 0.750. The van der Waals surface area contributed by atoms with E-state index < -0.39 is 8.60 Å². The second-order valence-electron chi connectivity index (χ2n) is 23.4. The molecule has 3 rings (SSSR count). The molecule has 0 fully saturated rings. The van der Waals surface area contributed by atoms with E-state index in [-0.39, 0.29) is 0 Å². The number of hydrogen-bond acceptors (Lipinski definition) is 3. The first-order valence-electron chi connectivity index (χ1n) is 33.8. The van der Waals surface area contributed by atoms with Crippen LogP contribution in [0, 0.1) is 0 Å². The van der Waals surface area contributed by atoms with Crippen molar-refractivity contribution in [2.75, 3.05) is 0 Å². The molecule has 3 aromatic rings. The molecule has 0 atom stereocenters. The van der Waals surface area contributed by atoms with Gasteiger partial charge in [0, 0.05) is 0 Å². The summed E-state index contributed by atoms with van der Waals surface area (Å²) < 4.78 is 23.0. The molecule has 0 amide bonds. The summed E-state index contributed by atoms with van der Waals surface area (Å²) >= 11 is 0. The lowest BCUT2D eigenvalue weighted by Gasteiger charge is -2.26. The van der Waals surface area contributed by atoms with E-state index in [0.29, 0.717) is 0 Å². The highest BCUT2D eigenvalue weighted by Crippen LogP contribution is 2.49. The zero-order valence-corrected chi connectivity index (χ0v) is 52.2. The summed E-state index contributed by atoms with van der Waals surface area (Å²) in [6.07, 6.45) is 61.1. The third-order valence-corrected chi connectivity index (χ3v) is 17.3. The van der Waals surface area contributed by atoms with Crippen molar-refractivity contribution < 1.29 is 13.6 Å². The van der Waals surface area contributed by atoms with Crippen LogP contribution in [0.5, 0.6) is 17.2 Å². The molecule has 0 spiro atoms. The van der Waals surface area contributed by atoms with Crippen LogP contribution in [0.15, 0.2) is 54.6 Å². The first-order valence-corrected chi connectivity index (χ1v) is 34.9. The fourth-order valence-corrected chi connectivity index (χ4v) is 12.6. The number of aryl methyl sites for hydroxylation is 6. The van der Waals surface area contributed by atoms with Gasteiger partial charge in [0.15, 0.2) is 0 Å². The summed E-state index contributed by atoms with van der Waals surface area (Å²) in [6.45, 7) is 13.9. The summed E-state index contributed by atoms with van der Waals surface area (Å²) in [6, 6.07) is 21.2. The van der Waals surface area contributed by atoms with Crippen LogP contribution in [0.25, 0.3) is 0 Å². The quantitative estimate of drug-likeness (QED) is 0.0416. The molecule has 0 aromatic heterocycles. The predicted molar refractivity (Wildman–Crippen MR) is 338 cm³/mol. The van der Waals surface area contributed by atoms with Crippen LogP contribution in [0.2, 0.25) is 0 Å². The monoisotopic (exact) mass is 1070 g/mol. The summed E-state index contributed by atoms with van der Waals surface area (Å²) in [5.41, 5.74) is 8.04. The normalized spacial score (nSPS) is 11.6. The van der Waals surface area contributed by atoms with E-state index in [9.17, 15) is 0 Å². The Hall–Kier alpha value is -2.51. The van der Waals surface area contributed by atoms with Crippen molar-refractivity contribution in [3.8, 4) is 17.2 Å². The SMILES string of the molecule is CCCCCCCCCc1cccc(CCCCCCCCC)c1OP(Oc1c(CCCCCCCCC)cccc1CCCCCCCCC)Oc1c(CCCCCCCCC)cccc1CCCCCCCCC.